The molecule has 2 rings (SSSR count). The molecule has 0 bridgehead atoms. The first-order valence-electron chi connectivity index (χ1n) is 5.14. The number of rotatable bonds is 4. The van der Waals surface area contributed by atoms with Crippen molar-refractivity contribution in [2.75, 3.05) is 24.3 Å². The Bertz CT molecular complexity index is 500. The molecule has 2 aromatic rings. The van der Waals surface area contributed by atoms with Crippen LogP contribution in [0.4, 0.5) is 11.6 Å². The van der Waals surface area contributed by atoms with Crippen molar-refractivity contribution in [2.24, 2.45) is 0 Å². The van der Waals surface area contributed by atoms with E-state index < -0.39 is 0 Å². The van der Waals surface area contributed by atoms with Crippen LogP contribution in [-0.2, 0) is 6.54 Å². The average molecular weight is 269 g/mol. The molecule has 0 aromatic carbocycles. The molecule has 0 amide bonds. The lowest BCUT2D eigenvalue weighted by Gasteiger charge is -2.17. The predicted molar refractivity (Wildman–Crippen MR) is 73.0 cm³/mol. The Morgan fingerprint density at radius 3 is 2.88 bits per heavy atom. The van der Waals surface area contributed by atoms with Gasteiger partial charge in [0.1, 0.15) is 18.0 Å². The highest BCUT2D eigenvalue weighted by Gasteiger charge is 2.06. The van der Waals surface area contributed by atoms with Gasteiger partial charge in [0.05, 0.1) is 10.9 Å². The van der Waals surface area contributed by atoms with E-state index in [9.17, 15) is 0 Å². The van der Waals surface area contributed by atoms with E-state index in [1.54, 1.807) is 17.7 Å². The Labute approximate surface area is 109 Å². The molecular formula is C11H13ClN4S. The zero-order chi connectivity index (χ0) is 12.3. The van der Waals surface area contributed by atoms with Crippen LogP contribution in [0.2, 0.25) is 4.34 Å². The van der Waals surface area contributed by atoms with E-state index in [0.717, 1.165) is 22.5 Å². The van der Waals surface area contributed by atoms with Crippen LogP contribution in [0.5, 0.6) is 0 Å². The first-order chi connectivity index (χ1) is 8.19. The fraction of sp³-hybridized carbons (Fsp3) is 0.273. The van der Waals surface area contributed by atoms with Gasteiger partial charge in [-0.3, -0.25) is 0 Å². The molecule has 2 heterocycles. The summed E-state index contributed by atoms with van der Waals surface area (Å²) in [5, 5.41) is 2.99. The van der Waals surface area contributed by atoms with Gasteiger partial charge in [-0.1, -0.05) is 11.6 Å². The molecule has 1 N–H and O–H groups in total. The molecule has 0 radical (unpaired) electrons. The third-order valence-electron chi connectivity index (χ3n) is 2.32. The molecule has 6 heteroatoms. The van der Waals surface area contributed by atoms with Crippen molar-refractivity contribution in [3.63, 3.8) is 0 Å². The van der Waals surface area contributed by atoms with E-state index in [2.05, 4.69) is 20.2 Å². The summed E-state index contributed by atoms with van der Waals surface area (Å²) in [6.07, 6.45) is 1.55. The number of anilines is 2. The van der Waals surface area contributed by atoms with Crippen molar-refractivity contribution in [3.8, 4) is 0 Å². The number of thiophene rings is 1. The lowest BCUT2D eigenvalue weighted by Crippen LogP contribution is -2.17. The fourth-order valence-corrected chi connectivity index (χ4v) is 2.59. The van der Waals surface area contributed by atoms with Crippen LogP contribution >= 0.6 is 22.9 Å². The molecule has 0 saturated heterocycles. The van der Waals surface area contributed by atoms with Crippen molar-refractivity contribution in [2.45, 2.75) is 6.54 Å². The normalized spacial score (nSPS) is 10.3. The average Bonchev–Trinajstić information content (AvgIpc) is 2.75. The molecule has 4 nitrogen and oxygen atoms in total. The molecule has 90 valence electrons. The maximum atomic E-state index is 5.90. The van der Waals surface area contributed by atoms with E-state index in [1.165, 1.54) is 4.88 Å². The van der Waals surface area contributed by atoms with Crippen molar-refractivity contribution in [1.82, 2.24) is 9.97 Å². The van der Waals surface area contributed by atoms with E-state index in [1.807, 2.05) is 32.3 Å². The number of hydrogen-bond donors (Lipinski definition) is 1. The third-order valence-corrected chi connectivity index (χ3v) is 3.54. The van der Waals surface area contributed by atoms with Gasteiger partial charge in [-0.05, 0) is 12.1 Å². The highest BCUT2D eigenvalue weighted by atomic mass is 35.5. The summed E-state index contributed by atoms with van der Waals surface area (Å²) in [4.78, 5) is 11.6. The lowest BCUT2D eigenvalue weighted by atomic mass is 10.4. The maximum absolute atomic E-state index is 5.90. The number of nitrogens with one attached hydrogen (secondary N) is 1. The molecule has 0 aliphatic heterocycles. The Morgan fingerprint density at radius 1 is 1.41 bits per heavy atom. The second kappa shape index (κ2) is 5.33. The van der Waals surface area contributed by atoms with Crippen LogP contribution in [0.1, 0.15) is 4.88 Å². The van der Waals surface area contributed by atoms with E-state index >= 15 is 0 Å². The van der Waals surface area contributed by atoms with Gasteiger partial charge in [-0.15, -0.1) is 11.3 Å². The number of aromatic nitrogens is 2. The van der Waals surface area contributed by atoms with Gasteiger partial charge in [-0.25, -0.2) is 9.97 Å². The predicted octanol–water partition coefficient (Wildman–Crippen LogP) is 2.87. The second-order valence-corrected chi connectivity index (χ2v) is 5.37. The highest BCUT2D eigenvalue weighted by Crippen LogP contribution is 2.24. The number of hydrogen-bond acceptors (Lipinski definition) is 5. The maximum Gasteiger partial charge on any atom is 0.134 e. The van der Waals surface area contributed by atoms with Gasteiger partial charge in [-0.2, -0.15) is 0 Å². The SMILES string of the molecule is CNc1cc(N(C)Cc2ccc(Cl)s2)ncn1. The topological polar surface area (TPSA) is 41.0 Å². The van der Waals surface area contributed by atoms with Crippen molar-refractivity contribution >= 4 is 34.6 Å². The van der Waals surface area contributed by atoms with Crippen LogP contribution in [0.25, 0.3) is 0 Å². The monoisotopic (exact) mass is 268 g/mol. The summed E-state index contributed by atoms with van der Waals surface area (Å²) in [6.45, 7) is 0.789. The number of halogens is 1. The quantitative estimate of drug-likeness (QED) is 0.926. The van der Waals surface area contributed by atoms with E-state index in [-0.39, 0.29) is 0 Å². The summed E-state index contributed by atoms with van der Waals surface area (Å²) >= 11 is 7.49. The van der Waals surface area contributed by atoms with Crippen molar-refractivity contribution < 1.29 is 0 Å². The summed E-state index contributed by atoms with van der Waals surface area (Å²) in [5.74, 6) is 1.69. The zero-order valence-electron chi connectivity index (χ0n) is 9.64. The summed E-state index contributed by atoms with van der Waals surface area (Å²) in [5.41, 5.74) is 0. The van der Waals surface area contributed by atoms with Crippen molar-refractivity contribution in [1.29, 1.82) is 0 Å². The smallest absolute Gasteiger partial charge is 0.134 e. The minimum absolute atomic E-state index is 0.789. The van der Waals surface area contributed by atoms with E-state index in [0.29, 0.717) is 0 Å². The fourth-order valence-electron chi connectivity index (χ4n) is 1.44. The van der Waals surface area contributed by atoms with Crippen LogP contribution in [0, 0.1) is 0 Å². The Balaban J connectivity index is 2.11. The molecule has 0 atom stereocenters. The van der Waals surface area contributed by atoms with Crippen LogP contribution in [0.15, 0.2) is 24.5 Å². The summed E-state index contributed by atoms with van der Waals surface area (Å²) < 4.78 is 0.812. The molecule has 0 aliphatic rings. The number of nitrogens with zero attached hydrogens (tertiary/aromatic N) is 3. The van der Waals surface area contributed by atoms with Crippen LogP contribution in [0.3, 0.4) is 0 Å². The van der Waals surface area contributed by atoms with Gasteiger partial charge in [0.25, 0.3) is 0 Å². The van der Waals surface area contributed by atoms with Gasteiger partial charge < -0.3 is 10.2 Å². The van der Waals surface area contributed by atoms with Gasteiger partial charge in [0.2, 0.25) is 0 Å². The van der Waals surface area contributed by atoms with E-state index in [4.69, 9.17) is 11.6 Å². The minimum Gasteiger partial charge on any atom is -0.373 e. The molecule has 0 saturated carbocycles. The van der Waals surface area contributed by atoms with Crippen LogP contribution < -0.4 is 10.2 Å². The minimum atomic E-state index is 0.789. The summed E-state index contributed by atoms with van der Waals surface area (Å²) in [7, 11) is 3.83. The first-order valence-corrected chi connectivity index (χ1v) is 6.33. The lowest BCUT2D eigenvalue weighted by molar-refractivity contribution is 0.905. The Kier molecular flexibility index (Phi) is 3.81. The second-order valence-electron chi connectivity index (χ2n) is 3.57. The Morgan fingerprint density at radius 2 is 2.24 bits per heavy atom. The molecule has 2 aromatic heterocycles. The highest BCUT2D eigenvalue weighted by molar-refractivity contribution is 7.16. The first kappa shape index (κ1) is 12.1. The molecule has 0 fully saturated rings. The molecule has 17 heavy (non-hydrogen) atoms. The molecular weight excluding hydrogens is 256 g/mol. The van der Waals surface area contributed by atoms with Crippen LogP contribution in [-0.4, -0.2) is 24.1 Å². The Hall–Kier alpha value is -1.33. The molecule has 0 aliphatic carbocycles. The van der Waals surface area contributed by atoms with Gasteiger partial charge >= 0.3 is 0 Å². The third kappa shape index (κ3) is 3.08. The van der Waals surface area contributed by atoms with Crippen molar-refractivity contribution in [3.05, 3.63) is 33.7 Å². The standard InChI is InChI=1S/C11H13ClN4S/c1-13-10-5-11(15-7-14-10)16(2)6-8-3-4-9(12)17-8/h3-5,7H,6H2,1-2H3,(H,13,14,15). The largest absolute Gasteiger partial charge is 0.373 e. The van der Waals surface area contributed by atoms with Gasteiger partial charge in [0.15, 0.2) is 0 Å². The summed E-state index contributed by atoms with van der Waals surface area (Å²) in [6, 6.07) is 5.85. The molecule has 0 unspecified atom stereocenters. The molecule has 0 spiro atoms. The van der Waals surface area contributed by atoms with Gasteiger partial charge in [0, 0.05) is 25.0 Å². The zero-order valence-corrected chi connectivity index (χ0v) is 11.2.